The molecule has 0 spiro atoms. The molecule has 0 bridgehead atoms. The Hall–Kier alpha value is -2.43. The molecule has 3 aromatic rings. The number of halogens is 1. The van der Waals surface area contributed by atoms with Crippen LogP contribution in [0.2, 0.25) is 5.02 Å². The fraction of sp³-hybridized carbons (Fsp3) is 0.143. The van der Waals surface area contributed by atoms with Crippen LogP contribution in [0.5, 0.6) is 0 Å². The van der Waals surface area contributed by atoms with Crippen molar-refractivity contribution in [2.75, 3.05) is 0 Å². The Morgan fingerprint density at radius 1 is 1.04 bits per heavy atom. The molecule has 2 heterocycles. The lowest BCUT2D eigenvalue weighted by Crippen LogP contribution is -2.19. The molecule has 1 aliphatic rings. The van der Waals surface area contributed by atoms with Gasteiger partial charge in [-0.15, -0.1) is 11.3 Å². The molecule has 4 rings (SSSR count). The maximum Gasteiger partial charge on any atom is 0.154 e. The molecule has 0 atom stereocenters. The Kier molecular flexibility index (Phi) is 4.62. The molecular formula is C21H18ClN3S. The summed E-state index contributed by atoms with van der Waals surface area (Å²) in [5.74, 6) is 1.16. The van der Waals surface area contributed by atoms with Crippen LogP contribution in [0, 0.1) is 0 Å². The molecule has 1 aliphatic heterocycles. The van der Waals surface area contributed by atoms with Gasteiger partial charge in [0, 0.05) is 16.1 Å². The Balaban J connectivity index is 1.87. The summed E-state index contributed by atoms with van der Waals surface area (Å²) in [5.41, 5.74) is 8.26. The van der Waals surface area contributed by atoms with Crippen LogP contribution in [0.15, 0.2) is 70.1 Å². The lowest BCUT2D eigenvalue weighted by Gasteiger charge is -2.11. The minimum atomic E-state index is 0.445. The van der Waals surface area contributed by atoms with E-state index in [0.29, 0.717) is 16.8 Å². The van der Waals surface area contributed by atoms with E-state index in [2.05, 4.69) is 48.9 Å². The Bertz CT molecular complexity index is 987. The van der Waals surface area contributed by atoms with Crippen molar-refractivity contribution in [1.82, 2.24) is 5.43 Å². The van der Waals surface area contributed by atoms with Gasteiger partial charge in [0.1, 0.15) is 5.71 Å². The molecule has 0 saturated carbocycles. The van der Waals surface area contributed by atoms with Gasteiger partial charge in [-0.05, 0) is 59.3 Å². The highest BCUT2D eigenvalue weighted by Crippen LogP contribution is 2.30. The van der Waals surface area contributed by atoms with Crippen molar-refractivity contribution in [1.29, 1.82) is 0 Å². The zero-order valence-electron chi connectivity index (χ0n) is 14.5. The zero-order chi connectivity index (χ0) is 18.1. The van der Waals surface area contributed by atoms with Gasteiger partial charge in [-0.25, -0.2) is 4.99 Å². The quantitative estimate of drug-likeness (QED) is 0.599. The highest BCUT2D eigenvalue weighted by molar-refractivity contribution is 7.12. The number of hydrazone groups is 1. The second kappa shape index (κ2) is 7.06. The predicted octanol–water partition coefficient (Wildman–Crippen LogP) is 5.96. The van der Waals surface area contributed by atoms with Crippen molar-refractivity contribution in [3.63, 3.8) is 0 Å². The highest BCUT2D eigenvalue weighted by atomic mass is 35.5. The van der Waals surface area contributed by atoms with Crippen LogP contribution in [-0.4, -0.2) is 11.5 Å². The largest absolute Gasteiger partial charge is 0.260 e. The summed E-state index contributed by atoms with van der Waals surface area (Å²) in [4.78, 5) is 5.97. The molecule has 1 aromatic heterocycles. The monoisotopic (exact) mass is 379 g/mol. The molecule has 1 N–H and O–H groups in total. The fourth-order valence-electron chi connectivity index (χ4n) is 2.85. The van der Waals surface area contributed by atoms with E-state index in [-0.39, 0.29) is 0 Å². The molecule has 0 unspecified atom stereocenters. The molecular weight excluding hydrogens is 362 g/mol. The van der Waals surface area contributed by atoms with Crippen LogP contribution in [0.25, 0.3) is 0 Å². The van der Waals surface area contributed by atoms with Gasteiger partial charge in [0.2, 0.25) is 0 Å². The molecule has 0 aliphatic carbocycles. The first kappa shape index (κ1) is 17.0. The van der Waals surface area contributed by atoms with Gasteiger partial charge in [0.05, 0.1) is 10.6 Å². The van der Waals surface area contributed by atoms with Crippen LogP contribution in [0.3, 0.4) is 0 Å². The summed E-state index contributed by atoms with van der Waals surface area (Å²) < 4.78 is 0. The number of rotatable bonds is 3. The van der Waals surface area contributed by atoms with Crippen molar-refractivity contribution in [3.05, 3.63) is 86.6 Å². The summed E-state index contributed by atoms with van der Waals surface area (Å²) >= 11 is 7.69. The molecule has 0 radical (unpaired) electrons. The van der Waals surface area contributed by atoms with E-state index in [0.717, 1.165) is 27.4 Å². The second-order valence-electron chi connectivity index (χ2n) is 6.45. The van der Waals surface area contributed by atoms with Gasteiger partial charge in [-0.1, -0.05) is 37.6 Å². The summed E-state index contributed by atoms with van der Waals surface area (Å²) in [6.45, 7) is 4.39. The first-order valence-corrected chi connectivity index (χ1v) is 9.74. The molecule has 0 saturated heterocycles. The number of amidine groups is 1. The standard InChI is InChI=1S/C21H18ClN3S/c1-13(2)15-7-10-18-17(12-15)20(19-4-3-11-26-19)24-25-21(23-18)14-5-8-16(22)9-6-14/h3-13H,1-2H3,(H,23,25). The number of thiophene rings is 1. The number of nitrogens with zero attached hydrogens (tertiary/aromatic N) is 2. The zero-order valence-corrected chi connectivity index (χ0v) is 16.1. The third-order valence-electron chi connectivity index (χ3n) is 4.32. The van der Waals surface area contributed by atoms with E-state index in [1.54, 1.807) is 11.3 Å². The number of hydrogen-bond donors (Lipinski definition) is 1. The molecule has 5 heteroatoms. The predicted molar refractivity (Wildman–Crippen MR) is 111 cm³/mol. The van der Waals surface area contributed by atoms with Gasteiger partial charge >= 0.3 is 0 Å². The Morgan fingerprint density at radius 2 is 1.85 bits per heavy atom. The maximum atomic E-state index is 6.02. The Labute approximate surface area is 162 Å². The lowest BCUT2D eigenvalue weighted by molar-refractivity contribution is 0.866. The summed E-state index contributed by atoms with van der Waals surface area (Å²) in [5, 5.41) is 7.47. The van der Waals surface area contributed by atoms with Gasteiger partial charge in [-0.3, -0.25) is 5.43 Å². The average molecular weight is 380 g/mol. The van der Waals surface area contributed by atoms with E-state index >= 15 is 0 Å². The minimum Gasteiger partial charge on any atom is -0.260 e. The first-order valence-electron chi connectivity index (χ1n) is 8.48. The number of fused-ring (bicyclic) bond motifs is 1. The molecule has 3 nitrogen and oxygen atoms in total. The average Bonchev–Trinajstić information content (AvgIpc) is 3.10. The van der Waals surface area contributed by atoms with Gasteiger partial charge in [0.25, 0.3) is 0 Å². The summed E-state index contributed by atoms with van der Waals surface area (Å²) in [6, 6.07) is 18.2. The van der Waals surface area contributed by atoms with E-state index in [4.69, 9.17) is 21.7 Å². The maximum absolute atomic E-state index is 6.02. The fourth-order valence-corrected chi connectivity index (χ4v) is 3.71. The molecule has 130 valence electrons. The van der Waals surface area contributed by atoms with E-state index in [9.17, 15) is 0 Å². The van der Waals surface area contributed by atoms with Crippen LogP contribution < -0.4 is 5.43 Å². The molecule has 2 aromatic carbocycles. The molecule has 0 amide bonds. The van der Waals surface area contributed by atoms with E-state index in [1.807, 2.05) is 30.3 Å². The van der Waals surface area contributed by atoms with E-state index < -0.39 is 0 Å². The normalized spacial score (nSPS) is 13.5. The van der Waals surface area contributed by atoms with Crippen molar-refractivity contribution in [2.24, 2.45) is 10.1 Å². The number of aliphatic imine (C=N–C) groups is 1. The number of nitrogens with one attached hydrogen (secondary N) is 1. The van der Waals surface area contributed by atoms with Crippen molar-refractivity contribution >= 4 is 40.2 Å². The van der Waals surface area contributed by atoms with Crippen molar-refractivity contribution in [3.8, 4) is 0 Å². The van der Waals surface area contributed by atoms with Crippen molar-refractivity contribution < 1.29 is 0 Å². The van der Waals surface area contributed by atoms with Gasteiger partial charge in [0.15, 0.2) is 5.84 Å². The topological polar surface area (TPSA) is 36.8 Å². The first-order chi connectivity index (χ1) is 12.6. The number of hydrogen-bond acceptors (Lipinski definition) is 4. The van der Waals surface area contributed by atoms with Crippen LogP contribution in [0.1, 0.15) is 41.3 Å². The molecule has 26 heavy (non-hydrogen) atoms. The van der Waals surface area contributed by atoms with Crippen LogP contribution >= 0.6 is 22.9 Å². The van der Waals surface area contributed by atoms with E-state index in [1.165, 1.54) is 5.56 Å². The Morgan fingerprint density at radius 3 is 2.54 bits per heavy atom. The third-order valence-corrected chi connectivity index (χ3v) is 5.45. The highest BCUT2D eigenvalue weighted by Gasteiger charge is 2.19. The van der Waals surface area contributed by atoms with Crippen molar-refractivity contribution in [2.45, 2.75) is 19.8 Å². The SMILES string of the molecule is CC(C)c1ccc2c(c1)C(c1cccs1)=NNC(c1ccc(Cl)cc1)=N2. The third kappa shape index (κ3) is 3.30. The number of benzene rings is 2. The smallest absolute Gasteiger partial charge is 0.154 e. The summed E-state index contributed by atoms with van der Waals surface area (Å²) in [6.07, 6.45) is 0. The minimum absolute atomic E-state index is 0.445. The van der Waals surface area contributed by atoms with Crippen LogP contribution in [-0.2, 0) is 0 Å². The van der Waals surface area contributed by atoms with Gasteiger partial charge < -0.3 is 0 Å². The second-order valence-corrected chi connectivity index (χ2v) is 7.83. The lowest BCUT2D eigenvalue weighted by atomic mass is 9.97. The van der Waals surface area contributed by atoms with Gasteiger partial charge in [-0.2, -0.15) is 5.10 Å². The molecule has 0 fully saturated rings. The summed E-state index contributed by atoms with van der Waals surface area (Å²) in [7, 11) is 0. The van der Waals surface area contributed by atoms with Crippen LogP contribution in [0.4, 0.5) is 5.69 Å².